The molecule has 2 amide bonds. The van der Waals surface area contributed by atoms with Crippen LogP contribution in [0.2, 0.25) is 0 Å². The zero-order chi connectivity index (χ0) is 18.2. The molecule has 0 bridgehead atoms. The SMILES string of the molecule is CC(=O)Nc1ccc(NC(=O)COC(=O)Cc2cccc(F)c2)cc1. The van der Waals surface area contributed by atoms with Crippen molar-refractivity contribution in [2.45, 2.75) is 13.3 Å². The molecular formula is C18H17FN2O4. The Bertz CT molecular complexity index is 775. The summed E-state index contributed by atoms with van der Waals surface area (Å²) in [5.74, 6) is -1.76. The van der Waals surface area contributed by atoms with Crippen LogP contribution in [0.15, 0.2) is 48.5 Å². The second-order valence-electron chi connectivity index (χ2n) is 5.27. The van der Waals surface area contributed by atoms with Crippen molar-refractivity contribution >= 4 is 29.2 Å². The predicted octanol–water partition coefficient (Wildman–Crippen LogP) is 2.51. The Morgan fingerprint density at radius 1 is 1.00 bits per heavy atom. The minimum Gasteiger partial charge on any atom is -0.455 e. The molecule has 0 saturated carbocycles. The number of amides is 2. The first kappa shape index (κ1) is 18.1. The fraction of sp³-hybridized carbons (Fsp3) is 0.167. The van der Waals surface area contributed by atoms with Crippen molar-refractivity contribution in [3.8, 4) is 0 Å². The van der Waals surface area contributed by atoms with Gasteiger partial charge in [0.25, 0.3) is 5.91 Å². The normalized spacial score (nSPS) is 10.0. The monoisotopic (exact) mass is 344 g/mol. The van der Waals surface area contributed by atoms with Crippen LogP contribution in [0.4, 0.5) is 15.8 Å². The topological polar surface area (TPSA) is 84.5 Å². The van der Waals surface area contributed by atoms with Gasteiger partial charge in [-0.15, -0.1) is 0 Å². The zero-order valence-corrected chi connectivity index (χ0v) is 13.5. The van der Waals surface area contributed by atoms with Crippen LogP contribution in [0, 0.1) is 5.82 Å². The van der Waals surface area contributed by atoms with Gasteiger partial charge in [-0.05, 0) is 42.0 Å². The number of carbonyl (C=O) groups is 3. The minimum atomic E-state index is -0.623. The number of hydrogen-bond donors (Lipinski definition) is 2. The van der Waals surface area contributed by atoms with Gasteiger partial charge in [0.05, 0.1) is 6.42 Å². The Balaban J connectivity index is 1.78. The summed E-state index contributed by atoms with van der Waals surface area (Å²) in [6, 6.07) is 12.1. The van der Waals surface area contributed by atoms with E-state index in [1.165, 1.54) is 25.1 Å². The molecule has 2 rings (SSSR count). The first-order valence-electron chi connectivity index (χ1n) is 7.50. The zero-order valence-electron chi connectivity index (χ0n) is 13.5. The summed E-state index contributed by atoms with van der Waals surface area (Å²) in [5, 5.41) is 5.17. The van der Waals surface area contributed by atoms with Gasteiger partial charge in [0.2, 0.25) is 5.91 Å². The van der Waals surface area contributed by atoms with Crippen LogP contribution in [-0.2, 0) is 25.5 Å². The molecule has 2 N–H and O–H groups in total. The van der Waals surface area contributed by atoms with Crippen molar-refractivity contribution in [3.05, 3.63) is 59.9 Å². The Kier molecular flexibility index (Phi) is 6.22. The molecule has 0 fully saturated rings. The molecule has 0 radical (unpaired) electrons. The van der Waals surface area contributed by atoms with Crippen molar-refractivity contribution in [2.24, 2.45) is 0 Å². The van der Waals surface area contributed by atoms with Crippen molar-refractivity contribution in [2.75, 3.05) is 17.2 Å². The number of esters is 1. The molecule has 0 aromatic heterocycles. The average Bonchev–Trinajstić information content (AvgIpc) is 2.54. The van der Waals surface area contributed by atoms with Crippen LogP contribution in [0.25, 0.3) is 0 Å². The number of nitrogens with one attached hydrogen (secondary N) is 2. The first-order chi connectivity index (χ1) is 11.9. The van der Waals surface area contributed by atoms with Gasteiger partial charge in [0.15, 0.2) is 6.61 Å². The van der Waals surface area contributed by atoms with Crippen LogP contribution in [0.5, 0.6) is 0 Å². The summed E-state index contributed by atoms with van der Waals surface area (Å²) in [6.07, 6.45) is -0.115. The highest BCUT2D eigenvalue weighted by atomic mass is 19.1. The molecule has 0 unspecified atom stereocenters. The van der Waals surface area contributed by atoms with E-state index < -0.39 is 24.3 Å². The highest BCUT2D eigenvalue weighted by molar-refractivity contribution is 5.93. The molecule has 0 aliphatic heterocycles. The lowest BCUT2D eigenvalue weighted by atomic mass is 10.1. The van der Waals surface area contributed by atoms with E-state index in [9.17, 15) is 18.8 Å². The van der Waals surface area contributed by atoms with E-state index in [1.54, 1.807) is 30.3 Å². The smallest absolute Gasteiger partial charge is 0.310 e. The highest BCUT2D eigenvalue weighted by Crippen LogP contribution is 2.13. The van der Waals surface area contributed by atoms with Crippen molar-refractivity contribution < 1.29 is 23.5 Å². The summed E-state index contributed by atoms with van der Waals surface area (Å²) < 4.78 is 17.9. The van der Waals surface area contributed by atoms with Crippen molar-refractivity contribution in [1.82, 2.24) is 0 Å². The maximum Gasteiger partial charge on any atom is 0.310 e. The van der Waals surface area contributed by atoms with E-state index in [0.717, 1.165) is 0 Å². The van der Waals surface area contributed by atoms with Gasteiger partial charge in [-0.3, -0.25) is 14.4 Å². The number of halogens is 1. The van der Waals surface area contributed by atoms with Gasteiger partial charge in [-0.2, -0.15) is 0 Å². The van der Waals surface area contributed by atoms with Crippen molar-refractivity contribution in [3.63, 3.8) is 0 Å². The van der Waals surface area contributed by atoms with Gasteiger partial charge in [-0.1, -0.05) is 12.1 Å². The van der Waals surface area contributed by atoms with Gasteiger partial charge in [-0.25, -0.2) is 4.39 Å². The number of ether oxygens (including phenoxy) is 1. The number of hydrogen-bond acceptors (Lipinski definition) is 4. The molecule has 130 valence electrons. The number of benzene rings is 2. The summed E-state index contributed by atoms with van der Waals surface area (Å²) in [6.45, 7) is 0.954. The quantitative estimate of drug-likeness (QED) is 0.789. The Morgan fingerprint density at radius 3 is 2.24 bits per heavy atom. The molecule has 2 aromatic rings. The first-order valence-corrected chi connectivity index (χ1v) is 7.50. The lowest BCUT2D eigenvalue weighted by molar-refractivity contribution is -0.146. The Labute approximate surface area is 144 Å². The van der Waals surface area contributed by atoms with E-state index >= 15 is 0 Å². The van der Waals surface area contributed by atoms with E-state index in [2.05, 4.69) is 10.6 Å². The summed E-state index contributed by atoms with van der Waals surface area (Å²) >= 11 is 0. The van der Waals surface area contributed by atoms with E-state index in [0.29, 0.717) is 16.9 Å². The second kappa shape index (κ2) is 8.58. The second-order valence-corrected chi connectivity index (χ2v) is 5.27. The molecule has 0 aliphatic rings. The lowest BCUT2D eigenvalue weighted by Gasteiger charge is -2.08. The predicted molar refractivity (Wildman–Crippen MR) is 90.4 cm³/mol. The van der Waals surface area contributed by atoms with E-state index in [1.807, 2.05) is 0 Å². The molecule has 0 spiro atoms. The van der Waals surface area contributed by atoms with Crippen LogP contribution in [0.1, 0.15) is 12.5 Å². The van der Waals surface area contributed by atoms with Gasteiger partial charge in [0, 0.05) is 18.3 Å². The Morgan fingerprint density at radius 2 is 1.64 bits per heavy atom. The maximum absolute atomic E-state index is 13.0. The molecule has 0 atom stereocenters. The van der Waals surface area contributed by atoms with Crippen LogP contribution in [0.3, 0.4) is 0 Å². The maximum atomic E-state index is 13.0. The third-order valence-corrected chi connectivity index (χ3v) is 3.09. The summed E-state index contributed by atoms with van der Waals surface area (Å²) in [7, 11) is 0. The van der Waals surface area contributed by atoms with Crippen LogP contribution < -0.4 is 10.6 Å². The molecule has 2 aromatic carbocycles. The number of rotatable bonds is 6. The molecular weight excluding hydrogens is 327 g/mol. The third kappa shape index (κ3) is 6.42. The molecule has 6 nitrogen and oxygen atoms in total. The molecule has 0 aliphatic carbocycles. The van der Waals surface area contributed by atoms with Gasteiger partial charge in [0.1, 0.15) is 5.82 Å². The molecule has 25 heavy (non-hydrogen) atoms. The average molecular weight is 344 g/mol. The molecule has 7 heteroatoms. The van der Waals surface area contributed by atoms with E-state index in [-0.39, 0.29) is 12.3 Å². The fourth-order valence-corrected chi connectivity index (χ4v) is 2.05. The molecule has 0 heterocycles. The molecule has 0 saturated heterocycles. The Hall–Kier alpha value is -3.22. The van der Waals surface area contributed by atoms with Crippen LogP contribution >= 0.6 is 0 Å². The largest absolute Gasteiger partial charge is 0.455 e. The van der Waals surface area contributed by atoms with E-state index in [4.69, 9.17) is 4.74 Å². The van der Waals surface area contributed by atoms with Crippen molar-refractivity contribution in [1.29, 1.82) is 0 Å². The van der Waals surface area contributed by atoms with Crippen LogP contribution in [-0.4, -0.2) is 24.4 Å². The summed E-state index contributed by atoms with van der Waals surface area (Å²) in [5.41, 5.74) is 1.58. The third-order valence-electron chi connectivity index (χ3n) is 3.09. The lowest BCUT2D eigenvalue weighted by Crippen LogP contribution is -2.21. The minimum absolute atomic E-state index is 0.115. The highest BCUT2D eigenvalue weighted by Gasteiger charge is 2.09. The van der Waals surface area contributed by atoms with Gasteiger partial charge < -0.3 is 15.4 Å². The number of anilines is 2. The van der Waals surface area contributed by atoms with Gasteiger partial charge >= 0.3 is 5.97 Å². The standard InChI is InChI=1S/C18H17FN2O4/c1-12(22)20-15-5-7-16(8-6-15)21-17(23)11-25-18(24)10-13-3-2-4-14(19)9-13/h2-9H,10-11H2,1H3,(H,20,22)(H,21,23). The fourth-order valence-electron chi connectivity index (χ4n) is 2.05. The summed E-state index contributed by atoms with van der Waals surface area (Å²) in [4.78, 5) is 34.4. The number of carbonyl (C=O) groups excluding carboxylic acids is 3.